The fourth-order valence-corrected chi connectivity index (χ4v) is 4.46. The van der Waals surface area contributed by atoms with Crippen molar-refractivity contribution in [3.8, 4) is 5.75 Å². The van der Waals surface area contributed by atoms with Crippen LogP contribution >= 0.6 is 15.9 Å². The zero-order valence-electron chi connectivity index (χ0n) is 22.0. The van der Waals surface area contributed by atoms with Crippen molar-refractivity contribution in [2.24, 2.45) is 0 Å². The van der Waals surface area contributed by atoms with Crippen LogP contribution in [0.25, 0.3) is 10.9 Å². The predicted molar refractivity (Wildman–Crippen MR) is 152 cm³/mol. The van der Waals surface area contributed by atoms with E-state index in [4.69, 9.17) is 9.47 Å². The highest BCUT2D eigenvalue weighted by molar-refractivity contribution is 9.10. The Morgan fingerprint density at radius 2 is 1.89 bits per heavy atom. The van der Waals surface area contributed by atoms with Crippen LogP contribution in [-0.2, 0) is 9.53 Å². The summed E-state index contributed by atoms with van der Waals surface area (Å²) in [5.41, 5.74) is 2.51. The second-order valence-electron chi connectivity index (χ2n) is 9.92. The van der Waals surface area contributed by atoms with Crippen molar-refractivity contribution < 1.29 is 19.1 Å². The van der Waals surface area contributed by atoms with E-state index in [2.05, 4.69) is 36.5 Å². The van der Waals surface area contributed by atoms with Gasteiger partial charge >= 0.3 is 6.09 Å². The molecule has 0 unspecified atom stereocenters. The van der Waals surface area contributed by atoms with E-state index in [1.165, 1.54) is 6.33 Å². The number of hydrogen-bond acceptors (Lipinski definition) is 7. The van der Waals surface area contributed by atoms with Crippen molar-refractivity contribution in [1.29, 1.82) is 0 Å². The lowest BCUT2D eigenvalue weighted by Gasteiger charge is -2.30. The molecule has 2 heterocycles. The van der Waals surface area contributed by atoms with Crippen LogP contribution in [0.3, 0.4) is 0 Å². The van der Waals surface area contributed by atoms with Gasteiger partial charge < -0.3 is 25.0 Å². The van der Waals surface area contributed by atoms with Gasteiger partial charge in [0.25, 0.3) is 0 Å². The molecule has 1 aliphatic rings. The maximum atomic E-state index is 13.0. The Bertz CT molecular complexity index is 1360. The molecule has 2 N–H and O–H groups in total. The highest BCUT2D eigenvalue weighted by Crippen LogP contribution is 2.34. The Hall–Kier alpha value is -3.66. The van der Waals surface area contributed by atoms with Gasteiger partial charge in [0.1, 0.15) is 23.5 Å². The minimum atomic E-state index is -0.538. The van der Waals surface area contributed by atoms with E-state index >= 15 is 0 Å². The SMILES string of the molecule is CCOc1cc2ncnc(Nc3cccc(Br)c3)c2cc1NC(=O)C=C1CCN(C(=O)OC(C)(C)C)CC1. The summed E-state index contributed by atoms with van der Waals surface area (Å²) in [6.07, 6.45) is 3.99. The molecule has 3 aromatic rings. The van der Waals surface area contributed by atoms with Crippen molar-refractivity contribution in [3.05, 3.63) is 58.8 Å². The number of likely N-dealkylation sites (tertiary alicyclic amines) is 1. The number of anilines is 3. The van der Waals surface area contributed by atoms with Crippen molar-refractivity contribution in [3.63, 3.8) is 0 Å². The molecule has 0 bridgehead atoms. The normalized spacial score (nSPS) is 13.7. The Labute approximate surface area is 230 Å². The van der Waals surface area contributed by atoms with Crippen molar-refractivity contribution in [1.82, 2.24) is 14.9 Å². The van der Waals surface area contributed by atoms with E-state index in [1.54, 1.807) is 17.0 Å². The summed E-state index contributed by atoms with van der Waals surface area (Å²) in [6.45, 7) is 8.88. The lowest BCUT2D eigenvalue weighted by Crippen LogP contribution is -2.40. The van der Waals surface area contributed by atoms with Gasteiger partial charge in [-0.1, -0.05) is 27.6 Å². The quantitative estimate of drug-likeness (QED) is 0.323. The fourth-order valence-electron chi connectivity index (χ4n) is 4.06. The minimum absolute atomic E-state index is 0.260. The third-order valence-electron chi connectivity index (χ3n) is 5.77. The van der Waals surface area contributed by atoms with Gasteiger partial charge in [0, 0.05) is 40.8 Å². The smallest absolute Gasteiger partial charge is 0.410 e. The third-order valence-corrected chi connectivity index (χ3v) is 6.27. The number of hydrogen-bond donors (Lipinski definition) is 2. The summed E-state index contributed by atoms with van der Waals surface area (Å²) < 4.78 is 12.2. The molecule has 200 valence electrons. The van der Waals surface area contributed by atoms with Gasteiger partial charge in [-0.05, 0) is 64.8 Å². The average molecular weight is 582 g/mol. The molecule has 0 atom stereocenters. The van der Waals surface area contributed by atoms with Gasteiger partial charge in [-0.2, -0.15) is 0 Å². The largest absolute Gasteiger partial charge is 0.492 e. The summed E-state index contributed by atoms with van der Waals surface area (Å²) in [4.78, 5) is 35.8. The first-order valence-corrected chi connectivity index (χ1v) is 13.3. The molecular weight excluding hydrogens is 550 g/mol. The molecule has 9 nitrogen and oxygen atoms in total. The van der Waals surface area contributed by atoms with Crippen LogP contribution in [0, 0.1) is 0 Å². The Balaban J connectivity index is 1.51. The van der Waals surface area contributed by atoms with Crippen LogP contribution in [0.1, 0.15) is 40.5 Å². The Morgan fingerprint density at radius 3 is 2.58 bits per heavy atom. The monoisotopic (exact) mass is 581 g/mol. The number of nitrogens with one attached hydrogen (secondary N) is 2. The second kappa shape index (κ2) is 11.8. The van der Waals surface area contributed by atoms with Crippen molar-refractivity contribution >= 4 is 56.0 Å². The molecule has 38 heavy (non-hydrogen) atoms. The highest BCUT2D eigenvalue weighted by atomic mass is 79.9. The number of nitrogens with zero attached hydrogens (tertiary/aromatic N) is 3. The molecule has 0 saturated carbocycles. The van der Waals surface area contributed by atoms with Gasteiger partial charge in [0.2, 0.25) is 5.91 Å². The number of carbonyl (C=O) groups excluding carboxylic acids is 2. The van der Waals surface area contributed by atoms with E-state index in [0.717, 1.165) is 21.1 Å². The molecule has 1 aromatic heterocycles. The van der Waals surface area contributed by atoms with Crippen LogP contribution in [0.4, 0.5) is 22.0 Å². The number of rotatable bonds is 6. The molecule has 2 amide bonds. The molecule has 0 aliphatic carbocycles. The fraction of sp³-hybridized carbons (Fsp3) is 0.357. The second-order valence-corrected chi connectivity index (χ2v) is 10.8. The number of benzene rings is 2. The zero-order valence-corrected chi connectivity index (χ0v) is 23.6. The first-order chi connectivity index (χ1) is 18.1. The van der Waals surface area contributed by atoms with Crippen LogP contribution in [0.5, 0.6) is 5.75 Å². The number of piperidine rings is 1. The number of ether oxygens (including phenoxy) is 2. The lowest BCUT2D eigenvalue weighted by molar-refractivity contribution is -0.112. The first-order valence-electron chi connectivity index (χ1n) is 12.5. The standard InChI is InChI=1S/C28H32BrN5O4/c1-5-37-24-16-22-21(26(31-17-30-22)32-20-8-6-7-19(29)14-20)15-23(24)33-25(35)13-18-9-11-34(12-10-18)27(36)38-28(2,3)4/h6-8,13-17H,5,9-12H2,1-4H3,(H,33,35)(H,30,31,32). The van der Waals surface area contributed by atoms with Crippen LogP contribution in [0.15, 0.2) is 58.8 Å². The molecular formula is C28H32BrN5O4. The maximum absolute atomic E-state index is 13.0. The molecule has 1 saturated heterocycles. The average Bonchev–Trinajstić information content (AvgIpc) is 2.84. The molecule has 4 rings (SSSR count). The third kappa shape index (κ3) is 7.22. The Kier molecular flexibility index (Phi) is 8.51. The summed E-state index contributed by atoms with van der Waals surface area (Å²) in [7, 11) is 0. The molecule has 0 radical (unpaired) electrons. The van der Waals surface area contributed by atoms with Gasteiger partial charge in [-0.15, -0.1) is 0 Å². The highest BCUT2D eigenvalue weighted by Gasteiger charge is 2.25. The first kappa shape index (κ1) is 27.4. The van der Waals surface area contributed by atoms with E-state index in [1.807, 2.05) is 58.0 Å². The topological polar surface area (TPSA) is 106 Å². The van der Waals surface area contributed by atoms with Crippen LogP contribution in [0.2, 0.25) is 0 Å². The van der Waals surface area contributed by atoms with Crippen molar-refractivity contribution in [2.75, 3.05) is 30.3 Å². The summed E-state index contributed by atoms with van der Waals surface area (Å²) in [6, 6.07) is 11.4. The molecule has 10 heteroatoms. The molecule has 0 spiro atoms. The van der Waals surface area contributed by atoms with E-state index in [-0.39, 0.29) is 12.0 Å². The van der Waals surface area contributed by atoms with Gasteiger partial charge in [0.15, 0.2) is 0 Å². The number of halogens is 1. The van der Waals surface area contributed by atoms with Crippen molar-refractivity contribution in [2.45, 2.75) is 46.1 Å². The summed E-state index contributed by atoms with van der Waals surface area (Å²) in [5, 5.41) is 7.03. The zero-order chi connectivity index (χ0) is 27.3. The molecule has 1 aliphatic heterocycles. The number of carbonyl (C=O) groups is 2. The van der Waals surface area contributed by atoms with E-state index < -0.39 is 5.60 Å². The predicted octanol–water partition coefficient (Wildman–Crippen LogP) is 6.43. The van der Waals surface area contributed by atoms with E-state index in [9.17, 15) is 9.59 Å². The van der Waals surface area contributed by atoms with E-state index in [0.29, 0.717) is 55.3 Å². The lowest BCUT2D eigenvalue weighted by atomic mass is 10.0. The van der Waals surface area contributed by atoms with Gasteiger partial charge in [0.05, 0.1) is 17.8 Å². The maximum Gasteiger partial charge on any atom is 0.410 e. The Morgan fingerprint density at radius 1 is 1.13 bits per heavy atom. The van der Waals surface area contributed by atoms with Gasteiger partial charge in [-0.25, -0.2) is 14.8 Å². The minimum Gasteiger partial charge on any atom is -0.492 e. The molecule has 1 fully saturated rings. The number of fused-ring (bicyclic) bond motifs is 1. The van der Waals surface area contributed by atoms with Crippen LogP contribution in [-0.4, -0.2) is 52.2 Å². The number of aromatic nitrogens is 2. The van der Waals surface area contributed by atoms with Crippen LogP contribution < -0.4 is 15.4 Å². The van der Waals surface area contributed by atoms with Gasteiger partial charge in [-0.3, -0.25) is 4.79 Å². The molecule has 2 aromatic carbocycles. The number of amides is 2. The summed E-state index contributed by atoms with van der Waals surface area (Å²) >= 11 is 3.49. The summed E-state index contributed by atoms with van der Waals surface area (Å²) in [5.74, 6) is 0.877.